The lowest BCUT2D eigenvalue weighted by Crippen LogP contribution is -2.42. The molecule has 0 spiro atoms. The van der Waals surface area contributed by atoms with Crippen molar-refractivity contribution in [3.8, 4) is 0 Å². The molecule has 0 fully saturated rings. The van der Waals surface area contributed by atoms with Gasteiger partial charge >= 0.3 is 0 Å². The topological polar surface area (TPSA) is 41.1 Å². The van der Waals surface area contributed by atoms with Crippen LogP contribution in [0.4, 0.5) is 4.39 Å². The molecule has 5 heteroatoms. The summed E-state index contributed by atoms with van der Waals surface area (Å²) in [6.07, 6.45) is 0.837. The van der Waals surface area contributed by atoms with E-state index >= 15 is 0 Å². The van der Waals surface area contributed by atoms with Crippen LogP contribution in [-0.2, 0) is 4.79 Å². The van der Waals surface area contributed by atoms with Crippen LogP contribution in [0, 0.1) is 5.82 Å². The van der Waals surface area contributed by atoms with Gasteiger partial charge in [-0.2, -0.15) is 0 Å². The average Bonchev–Trinajstić information content (AvgIpc) is 2.38. The number of fused-ring (bicyclic) bond motifs is 1. The van der Waals surface area contributed by atoms with E-state index in [9.17, 15) is 9.18 Å². The first-order valence-electron chi connectivity index (χ1n) is 6.01. The maximum absolute atomic E-state index is 13.3. The number of thioether (sulfide) groups is 1. The van der Waals surface area contributed by atoms with Crippen LogP contribution in [-0.4, -0.2) is 24.7 Å². The highest BCUT2D eigenvalue weighted by atomic mass is 32.2. The minimum Gasteiger partial charge on any atom is -0.348 e. The van der Waals surface area contributed by atoms with Crippen LogP contribution < -0.4 is 10.6 Å². The third-order valence-corrected chi connectivity index (χ3v) is 4.28. The summed E-state index contributed by atoms with van der Waals surface area (Å²) >= 11 is 1.71. The van der Waals surface area contributed by atoms with Gasteiger partial charge in [0.15, 0.2) is 0 Å². The lowest BCUT2D eigenvalue weighted by Gasteiger charge is -2.27. The second-order valence-electron chi connectivity index (χ2n) is 4.39. The molecule has 0 bridgehead atoms. The molecule has 2 atom stereocenters. The fourth-order valence-corrected chi connectivity index (χ4v) is 3.05. The zero-order chi connectivity index (χ0) is 13.1. The molecule has 2 rings (SSSR count). The second kappa shape index (κ2) is 5.71. The van der Waals surface area contributed by atoms with Crippen LogP contribution in [0.2, 0.25) is 0 Å². The quantitative estimate of drug-likeness (QED) is 0.882. The molecule has 1 aliphatic heterocycles. The average molecular weight is 268 g/mol. The predicted octanol–water partition coefficient (Wildman–Crippen LogP) is 2.09. The summed E-state index contributed by atoms with van der Waals surface area (Å²) < 4.78 is 13.3. The molecule has 98 valence electrons. The maximum atomic E-state index is 13.3. The Bertz CT molecular complexity index is 453. The molecule has 3 nitrogen and oxygen atoms in total. The van der Waals surface area contributed by atoms with Crippen molar-refractivity contribution in [2.75, 3.05) is 12.8 Å². The van der Waals surface area contributed by atoms with Crippen molar-refractivity contribution in [2.24, 2.45) is 0 Å². The first-order valence-corrected chi connectivity index (χ1v) is 7.00. The third-order valence-electron chi connectivity index (χ3n) is 3.15. The van der Waals surface area contributed by atoms with Crippen LogP contribution in [0.5, 0.6) is 0 Å². The predicted molar refractivity (Wildman–Crippen MR) is 71.1 cm³/mol. The summed E-state index contributed by atoms with van der Waals surface area (Å²) in [5.41, 5.74) is 0.892. The third kappa shape index (κ3) is 2.84. The van der Waals surface area contributed by atoms with Crippen LogP contribution in [0.1, 0.15) is 24.9 Å². The standard InChI is InChI=1S/C13H17FN2OS/c1-8(15-2)13(17)16-11-5-6-18-12-4-3-9(14)7-10(11)12/h3-4,7-8,11,15H,5-6H2,1-2H3,(H,16,17). The number of benzene rings is 1. The molecule has 2 unspecified atom stereocenters. The Kier molecular flexibility index (Phi) is 4.24. The number of rotatable bonds is 3. The molecular formula is C13H17FN2OS. The minimum absolute atomic E-state index is 0.0513. The fourth-order valence-electron chi connectivity index (χ4n) is 1.94. The number of hydrogen-bond acceptors (Lipinski definition) is 3. The summed E-state index contributed by atoms with van der Waals surface area (Å²) in [5.74, 6) is 0.638. The maximum Gasteiger partial charge on any atom is 0.237 e. The molecule has 1 aromatic rings. The molecule has 0 aliphatic carbocycles. The number of likely N-dealkylation sites (N-methyl/N-ethyl adjacent to an activating group) is 1. The number of carbonyl (C=O) groups excluding carboxylic acids is 1. The molecule has 1 heterocycles. The summed E-state index contributed by atoms with van der Waals surface area (Å²) in [4.78, 5) is 12.9. The van der Waals surface area contributed by atoms with Gasteiger partial charge in [-0.3, -0.25) is 4.79 Å². The van der Waals surface area contributed by atoms with Gasteiger partial charge in [-0.1, -0.05) is 0 Å². The molecule has 0 radical (unpaired) electrons. The Labute approximate surface area is 111 Å². The van der Waals surface area contributed by atoms with Crippen LogP contribution >= 0.6 is 11.8 Å². The van der Waals surface area contributed by atoms with Crippen LogP contribution in [0.25, 0.3) is 0 Å². The van der Waals surface area contributed by atoms with Gasteiger partial charge in [0, 0.05) is 10.6 Å². The molecule has 18 heavy (non-hydrogen) atoms. The zero-order valence-electron chi connectivity index (χ0n) is 10.5. The smallest absolute Gasteiger partial charge is 0.237 e. The van der Waals surface area contributed by atoms with Gasteiger partial charge in [-0.15, -0.1) is 11.8 Å². The number of nitrogens with one attached hydrogen (secondary N) is 2. The van der Waals surface area contributed by atoms with E-state index < -0.39 is 0 Å². The summed E-state index contributed by atoms with van der Waals surface area (Å²) in [6.45, 7) is 1.80. The molecule has 1 amide bonds. The lowest BCUT2D eigenvalue weighted by molar-refractivity contribution is -0.123. The lowest BCUT2D eigenvalue weighted by atomic mass is 10.0. The molecule has 0 saturated carbocycles. The van der Waals surface area contributed by atoms with Gasteiger partial charge in [0.05, 0.1) is 12.1 Å². The zero-order valence-corrected chi connectivity index (χ0v) is 11.3. The van der Waals surface area contributed by atoms with Crippen molar-refractivity contribution < 1.29 is 9.18 Å². The van der Waals surface area contributed by atoms with Crippen LogP contribution in [0.3, 0.4) is 0 Å². The van der Waals surface area contributed by atoms with E-state index in [1.807, 2.05) is 0 Å². The number of carbonyl (C=O) groups is 1. The van der Waals surface area contributed by atoms with Crippen molar-refractivity contribution >= 4 is 17.7 Å². The van der Waals surface area contributed by atoms with E-state index in [-0.39, 0.29) is 23.8 Å². The van der Waals surface area contributed by atoms with Gasteiger partial charge in [0.2, 0.25) is 5.91 Å². The van der Waals surface area contributed by atoms with Crippen molar-refractivity contribution in [1.29, 1.82) is 0 Å². The van der Waals surface area contributed by atoms with Gasteiger partial charge in [0.1, 0.15) is 5.82 Å². The van der Waals surface area contributed by atoms with Gasteiger partial charge in [0.25, 0.3) is 0 Å². The van der Waals surface area contributed by atoms with Crippen molar-refractivity contribution in [2.45, 2.75) is 30.3 Å². The molecule has 1 aromatic carbocycles. The molecular weight excluding hydrogens is 251 g/mol. The molecule has 0 saturated heterocycles. The fraction of sp³-hybridized carbons (Fsp3) is 0.462. The first kappa shape index (κ1) is 13.4. The Morgan fingerprint density at radius 3 is 3.06 bits per heavy atom. The summed E-state index contributed by atoms with van der Waals surface area (Å²) in [5, 5.41) is 5.87. The van der Waals surface area contributed by atoms with Crippen molar-refractivity contribution in [3.63, 3.8) is 0 Å². The van der Waals surface area contributed by atoms with Crippen molar-refractivity contribution in [1.82, 2.24) is 10.6 Å². The first-order chi connectivity index (χ1) is 8.61. The van der Waals surface area contributed by atoms with E-state index in [2.05, 4.69) is 10.6 Å². The Morgan fingerprint density at radius 2 is 2.33 bits per heavy atom. The van der Waals surface area contributed by atoms with Crippen LogP contribution in [0.15, 0.2) is 23.1 Å². The van der Waals surface area contributed by atoms with Gasteiger partial charge in [-0.05, 0) is 44.2 Å². The largest absolute Gasteiger partial charge is 0.348 e. The SMILES string of the molecule is CNC(C)C(=O)NC1CCSc2ccc(F)cc21. The highest BCUT2D eigenvalue weighted by Crippen LogP contribution is 2.36. The van der Waals surface area contributed by atoms with Gasteiger partial charge < -0.3 is 10.6 Å². The van der Waals surface area contributed by atoms with E-state index in [4.69, 9.17) is 0 Å². The second-order valence-corrected chi connectivity index (χ2v) is 5.53. The van der Waals surface area contributed by atoms with E-state index in [0.717, 1.165) is 22.6 Å². The normalized spacial score (nSPS) is 20.1. The van der Waals surface area contributed by atoms with E-state index in [1.54, 1.807) is 31.8 Å². The van der Waals surface area contributed by atoms with Gasteiger partial charge in [-0.25, -0.2) is 4.39 Å². The number of amides is 1. The monoisotopic (exact) mass is 268 g/mol. The Balaban J connectivity index is 2.17. The van der Waals surface area contributed by atoms with E-state index in [1.165, 1.54) is 12.1 Å². The van der Waals surface area contributed by atoms with E-state index in [0.29, 0.717) is 0 Å². The van der Waals surface area contributed by atoms with Crippen molar-refractivity contribution in [3.05, 3.63) is 29.6 Å². The molecule has 1 aliphatic rings. The summed E-state index contributed by atoms with van der Waals surface area (Å²) in [7, 11) is 1.74. The number of hydrogen-bond donors (Lipinski definition) is 2. The highest BCUT2D eigenvalue weighted by molar-refractivity contribution is 7.99. The molecule has 2 N–H and O–H groups in total. The number of halogens is 1. The summed E-state index contributed by atoms with van der Waals surface area (Å²) in [6, 6.07) is 4.45. The molecule has 0 aromatic heterocycles. The Hall–Kier alpha value is -1.07. The minimum atomic E-state index is -0.253. The highest BCUT2D eigenvalue weighted by Gasteiger charge is 2.24. The Morgan fingerprint density at radius 1 is 1.56 bits per heavy atom.